The van der Waals surface area contributed by atoms with Crippen molar-refractivity contribution in [3.63, 3.8) is 0 Å². The maximum absolute atomic E-state index is 15.6. The van der Waals surface area contributed by atoms with E-state index in [-0.39, 0.29) is 29.5 Å². The van der Waals surface area contributed by atoms with Crippen LogP contribution in [0.2, 0.25) is 0 Å². The van der Waals surface area contributed by atoms with Gasteiger partial charge in [-0.25, -0.2) is 23.9 Å². The molecule has 0 aliphatic carbocycles. The van der Waals surface area contributed by atoms with Crippen molar-refractivity contribution in [3.05, 3.63) is 96.0 Å². The lowest BCUT2D eigenvalue weighted by Gasteiger charge is -2.35. The first kappa shape index (κ1) is 27.6. The van der Waals surface area contributed by atoms with Crippen LogP contribution < -0.4 is 4.90 Å². The Morgan fingerprint density at radius 2 is 1.84 bits per heavy atom. The maximum Gasteiger partial charge on any atom is 0.310 e. The number of amides is 1. The van der Waals surface area contributed by atoms with Crippen LogP contribution in [0, 0.1) is 11.7 Å². The molecule has 1 saturated heterocycles. The van der Waals surface area contributed by atoms with Crippen molar-refractivity contribution in [2.24, 2.45) is 5.92 Å². The van der Waals surface area contributed by atoms with Gasteiger partial charge in [-0.2, -0.15) is 5.10 Å². The number of methoxy groups -OCH3 is 1. The third-order valence-corrected chi connectivity index (χ3v) is 8.67. The average Bonchev–Trinajstić information content (AvgIpc) is 3.72. The van der Waals surface area contributed by atoms with Crippen molar-refractivity contribution < 1.29 is 18.7 Å². The van der Waals surface area contributed by atoms with Gasteiger partial charge >= 0.3 is 5.97 Å². The fraction of sp³-hybridized carbons (Fsp3) is 0.273. The number of benzene rings is 2. The van der Waals surface area contributed by atoms with Gasteiger partial charge in [-0.05, 0) is 55.2 Å². The third-order valence-electron chi connectivity index (χ3n) is 8.67. The summed E-state index contributed by atoms with van der Waals surface area (Å²) in [6.07, 6.45) is 6.14. The van der Waals surface area contributed by atoms with Crippen LogP contribution in [0.3, 0.4) is 0 Å². The largest absolute Gasteiger partial charge is 0.469 e. The minimum Gasteiger partial charge on any atom is -0.469 e. The Morgan fingerprint density at radius 1 is 1.02 bits per heavy atom. The van der Waals surface area contributed by atoms with E-state index in [4.69, 9.17) is 14.8 Å². The van der Waals surface area contributed by atoms with Crippen LogP contribution in [-0.2, 0) is 16.0 Å². The van der Waals surface area contributed by atoms with Crippen LogP contribution in [0.1, 0.15) is 41.0 Å². The molecule has 0 N–H and O–H groups in total. The Labute approximate surface area is 253 Å². The Balaban J connectivity index is 1.25. The second-order valence-electron chi connectivity index (χ2n) is 11.2. The van der Waals surface area contributed by atoms with Crippen LogP contribution in [0.5, 0.6) is 0 Å². The second kappa shape index (κ2) is 11.1. The smallest absolute Gasteiger partial charge is 0.310 e. The number of carbonyl (C=O) groups is 2. The molecule has 10 nitrogen and oxygen atoms in total. The van der Waals surface area contributed by atoms with Gasteiger partial charge in [0.25, 0.3) is 5.91 Å². The topological polar surface area (TPSA) is 106 Å². The van der Waals surface area contributed by atoms with E-state index in [1.165, 1.54) is 25.1 Å². The number of halogens is 1. The summed E-state index contributed by atoms with van der Waals surface area (Å²) in [4.78, 5) is 42.7. The van der Waals surface area contributed by atoms with Gasteiger partial charge in [0, 0.05) is 54.9 Å². The van der Waals surface area contributed by atoms with Crippen molar-refractivity contribution in [1.29, 1.82) is 0 Å². The average molecular weight is 592 g/mol. The monoisotopic (exact) mass is 591 g/mol. The molecule has 0 bridgehead atoms. The van der Waals surface area contributed by atoms with Gasteiger partial charge < -0.3 is 14.5 Å². The summed E-state index contributed by atoms with van der Waals surface area (Å²) in [5, 5.41) is 4.71. The predicted octanol–water partition coefficient (Wildman–Crippen LogP) is 4.75. The van der Waals surface area contributed by atoms with Gasteiger partial charge in [0.05, 0.1) is 30.5 Å². The van der Waals surface area contributed by atoms with E-state index in [0.717, 1.165) is 12.0 Å². The SMILES string of the molecule is COC(=O)[C@H]1CCN(c2ccc(-c3cc4nc(C(=O)N5CCc6ccccc6[C@H]5C)cc(-c5cncnc5)n4n3)c(F)c2)C1. The highest BCUT2D eigenvalue weighted by Crippen LogP contribution is 2.33. The van der Waals surface area contributed by atoms with Gasteiger partial charge in [0.1, 0.15) is 17.8 Å². The molecule has 0 saturated carbocycles. The van der Waals surface area contributed by atoms with Gasteiger partial charge in [0.2, 0.25) is 0 Å². The van der Waals surface area contributed by atoms with Crippen molar-refractivity contribution in [2.75, 3.05) is 31.6 Å². The number of hydrogen-bond donors (Lipinski definition) is 0. The van der Waals surface area contributed by atoms with E-state index in [2.05, 4.69) is 22.1 Å². The molecular formula is C33H30FN7O3. The Hall–Kier alpha value is -5.19. The molecule has 2 aromatic carbocycles. The number of anilines is 1. The van der Waals surface area contributed by atoms with Gasteiger partial charge in [-0.15, -0.1) is 0 Å². The molecular weight excluding hydrogens is 561 g/mol. The lowest BCUT2D eigenvalue weighted by atomic mass is 9.93. The number of fused-ring (bicyclic) bond motifs is 2. The highest BCUT2D eigenvalue weighted by Gasteiger charge is 2.31. The van der Waals surface area contributed by atoms with E-state index in [1.54, 1.807) is 35.1 Å². The van der Waals surface area contributed by atoms with Crippen molar-refractivity contribution in [2.45, 2.75) is 25.8 Å². The molecule has 3 aromatic heterocycles. The quantitative estimate of drug-likeness (QED) is 0.270. The molecule has 2 aliphatic rings. The molecule has 0 spiro atoms. The van der Waals surface area contributed by atoms with Crippen LogP contribution in [0.15, 0.2) is 73.3 Å². The Bertz CT molecular complexity index is 1890. The molecule has 1 amide bonds. The molecule has 5 heterocycles. The lowest BCUT2D eigenvalue weighted by Crippen LogP contribution is -2.39. The molecule has 0 radical (unpaired) electrons. The molecule has 2 aliphatic heterocycles. The summed E-state index contributed by atoms with van der Waals surface area (Å²) in [6.45, 7) is 3.72. The summed E-state index contributed by atoms with van der Waals surface area (Å²) in [6, 6.07) is 16.4. The molecule has 1 fully saturated rings. The van der Waals surface area contributed by atoms with Gasteiger partial charge in [0.15, 0.2) is 5.65 Å². The number of hydrogen-bond acceptors (Lipinski definition) is 8. The Kier molecular flexibility index (Phi) is 7.00. The van der Waals surface area contributed by atoms with E-state index in [0.29, 0.717) is 59.9 Å². The molecule has 44 heavy (non-hydrogen) atoms. The second-order valence-corrected chi connectivity index (χ2v) is 11.2. The molecule has 7 rings (SSSR count). The number of rotatable bonds is 5. The fourth-order valence-corrected chi connectivity index (χ4v) is 6.31. The zero-order chi connectivity index (χ0) is 30.4. The normalized spacial score (nSPS) is 18.0. The van der Waals surface area contributed by atoms with Crippen LogP contribution >= 0.6 is 0 Å². The molecule has 5 aromatic rings. The fourth-order valence-electron chi connectivity index (χ4n) is 6.31. The molecule has 0 unspecified atom stereocenters. The predicted molar refractivity (Wildman–Crippen MR) is 161 cm³/mol. The highest BCUT2D eigenvalue weighted by molar-refractivity contribution is 5.94. The van der Waals surface area contributed by atoms with Crippen molar-refractivity contribution >= 4 is 23.2 Å². The summed E-state index contributed by atoms with van der Waals surface area (Å²) in [5.41, 5.74) is 5.61. The summed E-state index contributed by atoms with van der Waals surface area (Å²) >= 11 is 0. The maximum atomic E-state index is 15.6. The zero-order valence-corrected chi connectivity index (χ0v) is 24.4. The van der Waals surface area contributed by atoms with Crippen molar-refractivity contribution in [1.82, 2.24) is 29.5 Å². The minimum atomic E-state index is -0.450. The highest BCUT2D eigenvalue weighted by atomic mass is 19.1. The van der Waals surface area contributed by atoms with E-state index >= 15 is 4.39 Å². The minimum absolute atomic E-state index is 0.111. The zero-order valence-electron chi connectivity index (χ0n) is 24.4. The van der Waals surface area contributed by atoms with Gasteiger partial charge in [-0.3, -0.25) is 9.59 Å². The molecule has 2 atom stereocenters. The lowest BCUT2D eigenvalue weighted by molar-refractivity contribution is -0.144. The van der Waals surface area contributed by atoms with Crippen LogP contribution in [0.25, 0.3) is 28.2 Å². The number of nitrogens with zero attached hydrogens (tertiary/aromatic N) is 7. The van der Waals surface area contributed by atoms with E-state index in [1.807, 2.05) is 34.9 Å². The summed E-state index contributed by atoms with van der Waals surface area (Å²) < 4.78 is 22.1. The number of esters is 1. The first-order chi connectivity index (χ1) is 21.4. The molecule has 222 valence electrons. The van der Waals surface area contributed by atoms with Gasteiger partial charge in [-0.1, -0.05) is 24.3 Å². The Morgan fingerprint density at radius 3 is 2.64 bits per heavy atom. The standard InChI is InChI=1S/C33H30FN7O3/c1-20-25-6-4-3-5-21(25)10-12-40(20)32(42)29-14-30(23-16-35-19-36-17-23)41-31(37-29)15-28(38-41)26-8-7-24(13-27(26)34)39-11-9-22(18-39)33(43)44-2/h3-8,13-17,19-20,22H,9-12,18H2,1-2H3/t20-,22+/m1/s1. The summed E-state index contributed by atoms with van der Waals surface area (Å²) in [5.74, 6) is -1.12. The van der Waals surface area contributed by atoms with Crippen molar-refractivity contribution in [3.8, 4) is 22.5 Å². The number of carbonyl (C=O) groups excluding carboxylic acids is 2. The van der Waals surface area contributed by atoms with E-state index < -0.39 is 5.82 Å². The first-order valence-corrected chi connectivity index (χ1v) is 14.6. The van der Waals surface area contributed by atoms with E-state index in [9.17, 15) is 9.59 Å². The first-order valence-electron chi connectivity index (χ1n) is 14.6. The number of ether oxygens (including phenoxy) is 1. The van der Waals surface area contributed by atoms with Crippen LogP contribution in [0.4, 0.5) is 10.1 Å². The third kappa shape index (κ3) is 4.83. The number of aromatic nitrogens is 5. The summed E-state index contributed by atoms with van der Waals surface area (Å²) in [7, 11) is 1.38. The molecule has 11 heteroatoms. The van der Waals surface area contributed by atoms with Crippen LogP contribution in [-0.4, -0.2) is 68.1 Å².